The third-order valence-electron chi connectivity index (χ3n) is 3.79. The molecule has 0 spiro atoms. The maximum Gasteiger partial charge on any atom is 0.00888 e. The zero-order valence-electron chi connectivity index (χ0n) is 11.5. The minimum absolute atomic E-state index is 0.483. The van der Waals surface area contributed by atoms with Gasteiger partial charge in [0.05, 0.1) is 0 Å². The van der Waals surface area contributed by atoms with E-state index in [1.54, 1.807) is 0 Å². The first-order valence-electron chi connectivity index (χ1n) is 7.30. The smallest absolute Gasteiger partial charge is 0.00888 e. The molecular weight excluding hydrogens is 220 g/mol. The van der Waals surface area contributed by atoms with Gasteiger partial charge in [-0.05, 0) is 37.3 Å². The van der Waals surface area contributed by atoms with Gasteiger partial charge in [0.1, 0.15) is 0 Å². The molecule has 0 radical (unpaired) electrons. The van der Waals surface area contributed by atoms with Gasteiger partial charge in [0.15, 0.2) is 0 Å². The molecule has 1 aromatic carbocycles. The quantitative estimate of drug-likeness (QED) is 0.764. The zero-order valence-corrected chi connectivity index (χ0v) is 11.5. The molecule has 1 atom stereocenters. The molecule has 1 saturated carbocycles. The van der Waals surface area contributed by atoms with Crippen LogP contribution in [0.5, 0.6) is 0 Å². The van der Waals surface area contributed by atoms with Crippen LogP contribution >= 0.6 is 0 Å². The second-order valence-corrected chi connectivity index (χ2v) is 5.55. The monoisotopic (exact) mass is 246 g/mol. The highest BCUT2D eigenvalue weighted by Gasteiger charge is 2.25. The van der Waals surface area contributed by atoms with Gasteiger partial charge in [-0.15, -0.1) is 0 Å². The SMILES string of the molecule is CCCN(CC1CC1)CC(CN)c1ccccc1. The maximum atomic E-state index is 5.97. The Hall–Kier alpha value is -0.860. The minimum atomic E-state index is 0.483. The lowest BCUT2D eigenvalue weighted by Gasteiger charge is -2.27. The molecule has 2 nitrogen and oxygen atoms in total. The van der Waals surface area contributed by atoms with Crippen LogP contribution in [-0.4, -0.2) is 31.1 Å². The lowest BCUT2D eigenvalue weighted by molar-refractivity contribution is 0.248. The van der Waals surface area contributed by atoms with Gasteiger partial charge in [-0.1, -0.05) is 37.3 Å². The van der Waals surface area contributed by atoms with E-state index < -0.39 is 0 Å². The Kier molecular flexibility index (Phi) is 5.21. The van der Waals surface area contributed by atoms with Crippen molar-refractivity contribution in [1.82, 2.24) is 4.90 Å². The van der Waals surface area contributed by atoms with Gasteiger partial charge in [0.25, 0.3) is 0 Å². The summed E-state index contributed by atoms with van der Waals surface area (Å²) >= 11 is 0. The highest BCUT2D eigenvalue weighted by Crippen LogP contribution is 2.30. The van der Waals surface area contributed by atoms with Gasteiger partial charge in [-0.2, -0.15) is 0 Å². The second-order valence-electron chi connectivity index (χ2n) is 5.55. The fourth-order valence-electron chi connectivity index (χ4n) is 2.59. The van der Waals surface area contributed by atoms with E-state index in [-0.39, 0.29) is 0 Å². The van der Waals surface area contributed by atoms with Crippen LogP contribution in [-0.2, 0) is 0 Å². The van der Waals surface area contributed by atoms with Crippen molar-refractivity contribution in [1.29, 1.82) is 0 Å². The lowest BCUT2D eigenvalue weighted by Crippen LogP contribution is -2.34. The molecule has 2 rings (SSSR count). The molecule has 1 aromatic rings. The van der Waals surface area contributed by atoms with Crippen molar-refractivity contribution in [3.63, 3.8) is 0 Å². The zero-order chi connectivity index (χ0) is 12.8. The topological polar surface area (TPSA) is 29.3 Å². The Balaban J connectivity index is 1.93. The van der Waals surface area contributed by atoms with Gasteiger partial charge in [-0.25, -0.2) is 0 Å². The summed E-state index contributed by atoms with van der Waals surface area (Å²) < 4.78 is 0. The van der Waals surface area contributed by atoms with E-state index in [2.05, 4.69) is 42.2 Å². The summed E-state index contributed by atoms with van der Waals surface area (Å²) in [6.45, 7) is 6.61. The molecule has 0 saturated heterocycles. The molecule has 2 N–H and O–H groups in total. The first kappa shape index (κ1) is 13.6. The van der Waals surface area contributed by atoms with Gasteiger partial charge in [0, 0.05) is 25.6 Å². The van der Waals surface area contributed by atoms with Crippen molar-refractivity contribution in [2.75, 3.05) is 26.2 Å². The van der Waals surface area contributed by atoms with Crippen LogP contribution in [0.3, 0.4) is 0 Å². The average Bonchev–Trinajstić information content (AvgIpc) is 3.21. The standard InChI is InChI=1S/C16H26N2/c1-2-10-18(12-14-8-9-14)13-16(11-17)15-6-4-3-5-7-15/h3-7,14,16H,2,8-13,17H2,1H3. The maximum absolute atomic E-state index is 5.97. The fraction of sp³-hybridized carbons (Fsp3) is 0.625. The van der Waals surface area contributed by atoms with E-state index in [0.29, 0.717) is 5.92 Å². The predicted molar refractivity (Wildman–Crippen MR) is 77.7 cm³/mol. The van der Waals surface area contributed by atoms with Crippen LogP contribution in [0.2, 0.25) is 0 Å². The molecule has 1 aliphatic carbocycles. The summed E-state index contributed by atoms with van der Waals surface area (Å²) in [7, 11) is 0. The molecule has 0 heterocycles. The fourth-order valence-corrected chi connectivity index (χ4v) is 2.59. The van der Waals surface area contributed by atoms with Crippen molar-refractivity contribution in [2.45, 2.75) is 32.1 Å². The van der Waals surface area contributed by atoms with Crippen molar-refractivity contribution in [3.05, 3.63) is 35.9 Å². The van der Waals surface area contributed by atoms with Gasteiger partial charge in [-0.3, -0.25) is 0 Å². The van der Waals surface area contributed by atoms with E-state index in [4.69, 9.17) is 5.73 Å². The van der Waals surface area contributed by atoms with Crippen LogP contribution in [0.15, 0.2) is 30.3 Å². The number of rotatable bonds is 8. The van der Waals surface area contributed by atoms with Crippen molar-refractivity contribution < 1.29 is 0 Å². The van der Waals surface area contributed by atoms with Crippen LogP contribution < -0.4 is 5.73 Å². The summed E-state index contributed by atoms with van der Waals surface area (Å²) in [5.74, 6) is 1.45. The first-order chi connectivity index (χ1) is 8.83. The number of benzene rings is 1. The Morgan fingerprint density at radius 1 is 1.28 bits per heavy atom. The van der Waals surface area contributed by atoms with Crippen molar-refractivity contribution in [3.8, 4) is 0 Å². The average molecular weight is 246 g/mol. The van der Waals surface area contributed by atoms with E-state index >= 15 is 0 Å². The number of nitrogens with zero attached hydrogens (tertiary/aromatic N) is 1. The molecule has 1 aliphatic rings. The summed E-state index contributed by atoms with van der Waals surface area (Å²) in [5.41, 5.74) is 7.36. The second kappa shape index (κ2) is 6.91. The third-order valence-corrected chi connectivity index (χ3v) is 3.79. The van der Waals surface area contributed by atoms with Crippen LogP contribution in [0.4, 0.5) is 0 Å². The van der Waals surface area contributed by atoms with E-state index in [9.17, 15) is 0 Å². The molecule has 1 unspecified atom stereocenters. The number of hydrogen-bond donors (Lipinski definition) is 1. The van der Waals surface area contributed by atoms with Gasteiger partial charge >= 0.3 is 0 Å². The molecule has 18 heavy (non-hydrogen) atoms. The normalized spacial score (nSPS) is 17.1. The third kappa shape index (κ3) is 4.11. The molecule has 0 bridgehead atoms. The summed E-state index contributed by atoms with van der Waals surface area (Å²) in [6, 6.07) is 10.7. The highest BCUT2D eigenvalue weighted by atomic mass is 15.1. The van der Waals surface area contributed by atoms with E-state index in [0.717, 1.165) is 19.0 Å². The largest absolute Gasteiger partial charge is 0.330 e. The number of nitrogens with two attached hydrogens (primary N) is 1. The molecule has 0 aliphatic heterocycles. The molecule has 0 aromatic heterocycles. The molecule has 1 fully saturated rings. The van der Waals surface area contributed by atoms with Gasteiger partial charge in [0.2, 0.25) is 0 Å². The van der Waals surface area contributed by atoms with E-state index in [1.807, 2.05) is 0 Å². The first-order valence-corrected chi connectivity index (χ1v) is 7.30. The van der Waals surface area contributed by atoms with Crippen LogP contribution in [0, 0.1) is 5.92 Å². The Labute approximate surface area is 111 Å². The Morgan fingerprint density at radius 2 is 2.00 bits per heavy atom. The highest BCUT2D eigenvalue weighted by molar-refractivity contribution is 5.20. The van der Waals surface area contributed by atoms with Crippen molar-refractivity contribution >= 4 is 0 Å². The molecule has 0 amide bonds. The molecule has 100 valence electrons. The summed E-state index contributed by atoms with van der Waals surface area (Å²) in [6.07, 6.45) is 4.09. The summed E-state index contributed by atoms with van der Waals surface area (Å²) in [4.78, 5) is 2.61. The lowest BCUT2D eigenvalue weighted by atomic mass is 9.98. The van der Waals surface area contributed by atoms with Crippen LogP contribution in [0.1, 0.15) is 37.7 Å². The minimum Gasteiger partial charge on any atom is -0.330 e. The number of hydrogen-bond acceptors (Lipinski definition) is 2. The Bertz CT molecular complexity index is 332. The summed E-state index contributed by atoms with van der Waals surface area (Å²) in [5, 5.41) is 0. The predicted octanol–water partition coefficient (Wildman–Crippen LogP) is 2.85. The molecular formula is C16H26N2. The Morgan fingerprint density at radius 3 is 2.56 bits per heavy atom. The van der Waals surface area contributed by atoms with Gasteiger partial charge < -0.3 is 10.6 Å². The molecule has 2 heteroatoms. The van der Waals surface area contributed by atoms with Crippen LogP contribution in [0.25, 0.3) is 0 Å². The van der Waals surface area contributed by atoms with E-state index in [1.165, 1.54) is 37.9 Å². The van der Waals surface area contributed by atoms with Crippen molar-refractivity contribution in [2.24, 2.45) is 11.7 Å².